The molecule has 0 spiro atoms. The third-order valence-electron chi connectivity index (χ3n) is 2.19. The summed E-state index contributed by atoms with van der Waals surface area (Å²) in [5.74, 6) is 0. The molecule has 0 amide bonds. The van der Waals surface area contributed by atoms with E-state index in [1.807, 2.05) is 0 Å². The van der Waals surface area contributed by atoms with Crippen molar-refractivity contribution < 1.29 is 17.9 Å². The second kappa shape index (κ2) is 5.27. The summed E-state index contributed by atoms with van der Waals surface area (Å²) >= 11 is 0. The topological polar surface area (TPSA) is 48.1 Å². The molecule has 6 heteroatoms. The van der Waals surface area contributed by atoms with Crippen LogP contribution >= 0.6 is 0 Å². The zero-order chi connectivity index (χ0) is 12.2. The first-order valence-electron chi connectivity index (χ1n) is 4.72. The van der Waals surface area contributed by atoms with Crippen molar-refractivity contribution in [1.82, 2.24) is 4.98 Å². The second-order valence-electron chi connectivity index (χ2n) is 3.35. The Morgan fingerprint density at radius 1 is 1.50 bits per heavy atom. The maximum atomic E-state index is 12.6. The Kier molecular flexibility index (Phi) is 4.26. The van der Waals surface area contributed by atoms with Crippen molar-refractivity contribution in [3.05, 3.63) is 29.6 Å². The summed E-state index contributed by atoms with van der Waals surface area (Å²) in [6.07, 6.45) is -1.81. The van der Waals surface area contributed by atoms with Crippen molar-refractivity contribution in [1.29, 1.82) is 0 Å². The highest BCUT2D eigenvalue weighted by atomic mass is 19.4. The molecule has 2 N–H and O–H groups in total. The summed E-state index contributed by atoms with van der Waals surface area (Å²) in [4.78, 5) is 3.67. The minimum atomic E-state index is -4.40. The number of halogens is 3. The van der Waals surface area contributed by atoms with Gasteiger partial charge in [0.05, 0.1) is 5.56 Å². The van der Waals surface area contributed by atoms with E-state index in [0.717, 1.165) is 18.5 Å². The highest BCUT2D eigenvalue weighted by molar-refractivity contribution is 5.28. The standard InChI is InChI=1S/C10H13F3N2O/c1-16-5-3-9(14)7-6-15-4-2-8(7)10(11,12)13/h2,4,6,9H,3,5,14H2,1H3. The van der Waals surface area contributed by atoms with Crippen molar-refractivity contribution in [3.63, 3.8) is 0 Å². The molecule has 0 saturated carbocycles. The monoisotopic (exact) mass is 234 g/mol. The summed E-state index contributed by atoms with van der Waals surface area (Å²) < 4.78 is 42.6. The molecule has 0 bridgehead atoms. The minimum Gasteiger partial charge on any atom is -0.385 e. The lowest BCUT2D eigenvalue weighted by Gasteiger charge is -2.17. The first-order valence-corrected chi connectivity index (χ1v) is 4.72. The second-order valence-corrected chi connectivity index (χ2v) is 3.35. The molecule has 0 saturated heterocycles. The van der Waals surface area contributed by atoms with Gasteiger partial charge >= 0.3 is 6.18 Å². The van der Waals surface area contributed by atoms with Gasteiger partial charge in [-0.05, 0) is 18.1 Å². The van der Waals surface area contributed by atoms with Gasteiger partial charge in [0.15, 0.2) is 0 Å². The molecule has 0 fully saturated rings. The lowest BCUT2D eigenvalue weighted by Crippen LogP contribution is -2.19. The SMILES string of the molecule is COCCC(N)c1cnccc1C(F)(F)F. The Labute approximate surface area is 91.4 Å². The van der Waals surface area contributed by atoms with E-state index in [4.69, 9.17) is 10.5 Å². The number of ether oxygens (including phenoxy) is 1. The molecule has 0 aliphatic heterocycles. The van der Waals surface area contributed by atoms with E-state index in [-0.39, 0.29) is 5.56 Å². The number of rotatable bonds is 4. The molecule has 0 aliphatic carbocycles. The fourth-order valence-electron chi connectivity index (χ4n) is 1.36. The molecular formula is C10H13F3N2O. The largest absolute Gasteiger partial charge is 0.416 e. The third-order valence-corrected chi connectivity index (χ3v) is 2.19. The van der Waals surface area contributed by atoms with Crippen molar-refractivity contribution in [2.75, 3.05) is 13.7 Å². The van der Waals surface area contributed by atoms with Gasteiger partial charge < -0.3 is 10.5 Å². The van der Waals surface area contributed by atoms with Crippen LogP contribution < -0.4 is 5.73 Å². The van der Waals surface area contributed by atoms with Crippen molar-refractivity contribution in [2.24, 2.45) is 5.73 Å². The quantitative estimate of drug-likeness (QED) is 0.868. The van der Waals surface area contributed by atoms with Gasteiger partial charge in [0, 0.05) is 32.2 Å². The summed E-state index contributed by atoms with van der Waals surface area (Å²) in [5, 5.41) is 0. The smallest absolute Gasteiger partial charge is 0.385 e. The molecular weight excluding hydrogens is 221 g/mol. The predicted molar refractivity (Wildman–Crippen MR) is 52.7 cm³/mol. The van der Waals surface area contributed by atoms with Crippen LogP contribution in [0.2, 0.25) is 0 Å². The van der Waals surface area contributed by atoms with Crippen LogP contribution in [-0.4, -0.2) is 18.7 Å². The van der Waals surface area contributed by atoms with Gasteiger partial charge in [0.1, 0.15) is 0 Å². The summed E-state index contributed by atoms with van der Waals surface area (Å²) in [5.41, 5.74) is 4.93. The van der Waals surface area contributed by atoms with E-state index in [0.29, 0.717) is 13.0 Å². The van der Waals surface area contributed by atoms with Gasteiger partial charge in [-0.25, -0.2) is 0 Å². The Hall–Kier alpha value is -1.14. The zero-order valence-corrected chi connectivity index (χ0v) is 8.79. The van der Waals surface area contributed by atoms with Crippen molar-refractivity contribution >= 4 is 0 Å². The molecule has 0 aromatic carbocycles. The molecule has 0 radical (unpaired) electrons. The number of pyridine rings is 1. The van der Waals surface area contributed by atoms with Crippen LogP contribution in [0.1, 0.15) is 23.6 Å². The maximum absolute atomic E-state index is 12.6. The predicted octanol–water partition coefficient (Wildman–Crippen LogP) is 2.14. The first-order chi connectivity index (χ1) is 7.46. The van der Waals surface area contributed by atoms with Gasteiger partial charge in [-0.1, -0.05) is 0 Å². The number of methoxy groups -OCH3 is 1. The van der Waals surface area contributed by atoms with Crippen LogP contribution in [0.3, 0.4) is 0 Å². The normalized spacial score (nSPS) is 13.8. The maximum Gasteiger partial charge on any atom is 0.416 e. The van der Waals surface area contributed by atoms with E-state index >= 15 is 0 Å². The number of nitrogens with zero attached hydrogens (tertiary/aromatic N) is 1. The Morgan fingerprint density at radius 3 is 2.75 bits per heavy atom. The lowest BCUT2D eigenvalue weighted by atomic mass is 10.0. The first kappa shape index (κ1) is 12.9. The molecule has 3 nitrogen and oxygen atoms in total. The van der Waals surface area contributed by atoms with Crippen molar-refractivity contribution in [2.45, 2.75) is 18.6 Å². The average molecular weight is 234 g/mol. The number of alkyl halides is 3. The zero-order valence-electron chi connectivity index (χ0n) is 8.79. The van der Waals surface area contributed by atoms with Crippen LogP contribution in [0.5, 0.6) is 0 Å². The van der Waals surface area contributed by atoms with Gasteiger partial charge in [0.2, 0.25) is 0 Å². The highest BCUT2D eigenvalue weighted by Gasteiger charge is 2.34. The Morgan fingerprint density at radius 2 is 2.19 bits per heavy atom. The number of nitrogens with two attached hydrogens (primary N) is 1. The van der Waals surface area contributed by atoms with Gasteiger partial charge in [-0.15, -0.1) is 0 Å². The number of aromatic nitrogens is 1. The van der Waals surface area contributed by atoms with Crippen LogP contribution in [0.15, 0.2) is 18.5 Å². The molecule has 1 rings (SSSR count). The molecule has 1 aromatic rings. The molecule has 1 atom stereocenters. The highest BCUT2D eigenvalue weighted by Crippen LogP contribution is 2.34. The lowest BCUT2D eigenvalue weighted by molar-refractivity contribution is -0.138. The van der Waals surface area contributed by atoms with E-state index in [1.165, 1.54) is 7.11 Å². The van der Waals surface area contributed by atoms with Crippen molar-refractivity contribution in [3.8, 4) is 0 Å². The Bertz CT molecular complexity index is 341. The summed E-state index contributed by atoms with van der Waals surface area (Å²) in [6, 6.07) is 0.215. The average Bonchev–Trinajstić information content (AvgIpc) is 2.24. The van der Waals surface area contributed by atoms with Gasteiger partial charge in [0.25, 0.3) is 0 Å². The molecule has 16 heavy (non-hydrogen) atoms. The van der Waals surface area contributed by atoms with E-state index in [1.54, 1.807) is 0 Å². The minimum absolute atomic E-state index is 0.00653. The van der Waals surface area contributed by atoms with Gasteiger partial charge in [-0.3, -0.25) is 4.98 Å². The Balaban J connectivity index is 2.94. The van der Waals surface area contributed by atoms with E-state index in [2.05, 4.69) is 4.98 Å². The van der Waals surface area contributed by atoms with Crippen LogP contribution in [0.4, 0.5) is 13.2 Å². The number of hydrogen-bond donors (Lipinski definition) is 1. The molecule has 1 heterocycles. The summed E-state index contributed by atoms with van der Waals surface area (Å²) in [7, 11) is 1.47. The molecule has 90 valence electrons. The fraction of sp³-hybridized carbons (Fsp3) is 0.500. The van der Waals surface area contributed by atoms with Crippen LogP contribution in [0.25, 0.3) is 0 Å². The van der Waals surface area contributed by atoms with E-state index in [9.17, 15) is 13.2 Å². The summed E-state index contributed by atoms with van der Waals surface area (Å²) in [6.45, 7) is 0.313. The number of hydrogen-bond acceptors (Lipinski definition) is 3. The molecule has 1 aromatic heterocycles. The fourth-order valence-corrected chi connectivity index (χ4v) is 1.36. The van der Waals surface area contributed by atoms with Crippen LogP contribution in [-0.2, 0) is 10.9 Å². The molecule has 1 unspecified atom stereocenters. The molecule has 0 aliphatic rings. The van der Waals surface area contributed by atoms with Crippen LogP contribution in [0, 0.1) is 0 Å². The van der Waals surface area contributed by atoms with Gasteiger partial charge in [-0.2, -0.15) is 13.2 Å². The third kappa shape index (κ3) is 3.18. The van der Waals surface area contributed by atoms with E-state index < -0.39 is 17.8 Å².